The standard InChI is InChI=1S/C10H15NO3S/c1-14-6-4-11(3-5-12)10(13)9-2-7-15-8-9/h2,7-8,12H,3-6H2,1H3. The van der Waals surface area contributed by atoms with E-state index < -0.39 is 0 Å². The van der Waals surface area contributed by atoms with Gasteiger partial charge in [-0.1, -0.05) is 0 Å². The van der Waals surface area contributed by atoms with Crippen LogP contribution in [0.3, 0.4) is 0 Å². The number of hydrogen-bond acceptors (Lipinski definition) is 4. The Morgan fingerprint density at radius 1 is 1.60 bits per heavy atom. The topological polar surface area (TPSA) is 49.8 Å². The van der Waals surface area contributed by atoms with Crippen molar-refractivity contribution in [3.8, 4) is 0 Å². The molecule has 1 rings (SSSR count). The first-order chi connectivity index (χ1) is 7.29. The van der Waals surface area contributed by atoms with Gasteiger partial charge in [-0.15, -0.1) is 0 Å². The second kappa shape index (κ2) is 6.55. The van der Waals surface area contributed by atoms with Gasteiger partial charge in [0, 0.05) is 25.6 Å². The van der Waals surface area contributed by atoms with Crippen molar-refractivity contribution in [1.29, 1.82) is 0 Å². The third kappa shape index (κ3) is 3.62. The molecule has 1 N–H and O–H groups in total. The average Bonchev–Trinajstić information content (AvgIpc) is 2.76. The lowest BCUT2D eigenvalue weighted by Crippen LogP contribution is -2.35. The number of carbonyl (C=O) groups is 1. The summed E-state index contributed by atoms with van der Waals surface area (Å²) >= 11 is 1.49. The van der Waals surface area contributed by atoms with E-state index in [0.717, 1.165) is 0 Å². The molecule has 1 amide bonds. The summed E-state index contributed by atoms with van der Waals surface area (Å²) in [6, 6.07) is 1.78. The quantitative estimate of drug-likeness (QED) is 0.786. The Kier molecular flexibility index (Phi) is 5.31. The summed E-state index contributed by atoms with van der Waals surface area (Å²) in [5.41, 5.74) is 0.671. The van der Waals surface area contributed by atoms with Crippen molar-refractivity contribution in [3.05, 3.63) is 22.4 Å². The number of aliphatic hydroxyl groups excluding tert-OH is 1. The highest BCUT2D eigenvalue weighted by Crippen LogP contribution is 2.09. The number of rotatable bonds is 6. The van der Waals surface area contributed by atoms with E-state index in [0.29, 0.717) is 25.3 Å². The molecule has 0 saturated heterocycles. The molecule has 0 aromatic carbocycles. The normalized spacial score (nSPS) is 10.3. The zero-order valence-corrected chi connectivity index (χ0v) is 9.50. The van der Waals surface area contributed by atoms with Crippen LogP contribution in [0.1, 0.15) is 10.4 Å². The fourth-order valence-electron chi connectivity index (χ4n) is 1.21. The zero-order valence-electron chi connectivity index (χ0n) is 8.68. The van der Waals surface area contributed by atoms with Crippen LogP contribution in [-0.4, -0.2) is 49.3 Å². The van der Waals surface area contributed by atoms with Crippen molar-refractivity contribution in [3.63, 3.8) is 0 Å². The van der Waals surface area contributed by atoms with Gasteiger partial charge in [-0.2, -0.15) is 11.3 Å². The minimum absolute atomic E-state index is 0.0282. The van der Waals surface area contributed by atoms with E-state index in [-0.39, 0.29) is 12.5 Å². The van der Waals surface area contributed by atoms with Crippen LogP contribution in [0.5, 0.6) is 0 Å². The molecule has 1 aromatic heterocycles. The van der Waals surface area contributed by atoms with Crippen LogP contribution in [0.4, 0.5) is 0 Å². The van der Waals surface area contributed by atoms with Crippen molar-refractivity contribution < 1.29 is 14.6 Å². The Bertz CT molecular complexity index is 287. The predicted molar refractivity (Wildman–Crippen MR) is 59.2 cm³/mol. The number of amides is 1. The largest absolute Gasteiger partial charge is 0.395 e. The highest BCUT2D eigenvalue weighted by atomic mass is 32.1. The molecule has 0 fully saturated rings. The number of methoxy groups -OCH3 is 1. The Balaban J connectivity index is 2.58. The van der Waals surface area contributed by atoms with Crippen molar-refractivity contribution in [2.75, 3.05) is 33.4 Å². The molecule has 1 aromatic rings. The molecule has 0 spiro atoms. The lowest BCUT2D eigenvalue weighted by Gasteiger charge is -2.20. The van der Waals surface area contributed by atoms with Crippen LogP contribution in [-0.2, 0) is 4.74 Å². The van der Waals surface area contributed by atoms with Crippen LogP contribution in [0, 0.1) is 0 Å². The maximum Gasteiger partial charge on any atom is 0.254 e. The van der Waals surface area contributed by atoms with E-state index in [1.165, 1.54) is 11.3 Å². The maximum atomic E-state index is 11.9. The minimum atomic E-state index is -0.0534. The van der Waals surface area contributed by atoms with E-state index in [1.54, 1.807) is 23.5 Å². The van der Waals surface area contributed by atoms with Gasteiger partial charge in [0.05, 0.1) is 18.8 Å². The summed E-state index contributed by atoms with van der Waals surface area (Å²) < 4.78 is 4.91. The van der Waals surface area contributed by atoms with Crippen LogP contribution in [0.15, 0.2) is 16.8 Å². The number of carbonyl (C=O) groups excluding carboxylic acids is 1. The Labute approximate surface area is 93.1 Å². The van der Waals surface area contributed by atoms with E-state index >= 15 is 0 Å². The highest BCUT2D eigenvalue weighted by Gasteiger charge is 2.14. The minimum Gasteiger partial charge on any atom is -0.395 e. The summed E-state index contributed by atoms with van der Waals surface area (Å²) in [6.07, 6.45) is 0. The van der Waals surface area contributed by atoms with E-state index in [1.807, 2.05) is 5.38 Å². The Hall–Kier alpha value is -0.910. The molecule has 4 nitrogen and oxygen atoms in total. The molecular formula is C10H15NO3S. The van der Waals surface area contributed by atoms with Gasteiger partial charge in [-0.25, -0.2) is 0 Å². The summed E-state index contributed by atoms with van der Waals surface area (Å²) in [5, 5.41) is 12.5. The van der Waals surface area contributed by atoms with Crippen LogP contribution < -0.4 is 0 Å². The predicted octanol–water partition coefficient (Wildman–Crippen LogP) is 0.829. The Morgan fingerprint density at radius 2 is 2.40 bits per heavy atom. The first-order valence-corrected chi connectivity index (χ1v) is 5.65. The first-order valence-electron chi connectivity index (χ1n) is 4.71. The van der Waals surface area contributed by atoms with E-state index in [4.69, 9.17) is 9.84 Å². The second-order valence-electron chi connectivity index (χ2n) is 3.02. The number of nitrogens with zero attached hydrogens (tertiary/aromatic N) is 1. The molecule has 0 saturated carbocycles. The fraction of sp³-hybridized carbons (Fsp3) is 0.500. The van der Waals surface area contributed by atoms with Crippen molar-refractivity contribution in [2.45, 2.75) is 0 Å². The van der Waals surface area contributed by atoms with Gasteiger partial charge in [0.2, 0.25) is 0 Å². The highest BCUT2D eigenvalue weighted by molar-refractivity contribution is 7.08. The summed E-state index contributed by atoms with van der Waals surface area (Å²) in [6.45, 7) is 1.30. The summed E-state index contributed by atoms with van der Waals surface area (Å²) in [4.78, 5) is 13.5. The summed E-state index contributed by atoms with van der Waals surface area (Å²) in [5.74, 6) is -0.0534. The molecule has 0 radical (unpaired) electrons. The van der Waals surface area contributed by atoms with Crippen molar-refractivity contribution in [2.24, 2.45) is 0 Å². The molecule has 84 valence electrons. The van der Waals surface area contributed by atoms with Crippen LogP contribution >= 0.6 is 11.3 Å². The lowest BCUT2D eigenvalue weighted by molar-refractivity contribution is 0.0657. The molecule has 0 unspecified atom stereocenters. The van der Waals surface area contributed by atoms with Gasteiger partial charge in [0.1, 0.15) is 0 Å². The number of thiophene rings is 1. The number of hydrogen-bond donors (Lipinski definition) is 1. The third-order valence-electron chi connectivity index (χ3n) is 1.99. The van der Waals surface area contributed by atoms with Crippen LogP contribution in [0.25, 0.3) is 0 Å². The molecule has 0 bridgehead atoms. The van der Waals surface area contributed by atoms with Crippen LogP contribution in [0.2, 0.25) is 0 Å². The molecule has 0 atom stereocenters. The van der Waals surface area contributed by atoms with Crippen molar-refractivity contribution >= 4 is 17.2 Å². The molecule has 0 aliphatic heterocycles. The van der Waals surface area contributed by atoms with E-state index in [9.17, 15) is 4.79 Å². The molecule has 1 heterocycles. The van der Waals surface area contributed by atoms with E-state index in [2.05, 4.69) is 0 Å². The first kappa shape index (κ1) is 12.2. The smallest absolute Gasteiger partial charge is 0.254 e. The average molecular weight is 229 g/mol. The van der Waals surface area contributed by atoms with Gasteiger partial charge in [0.25, 0.3) is 5.91 Å². The fourth-order valence-corrected chi connectivity index (χ4v) is 1.84. The Morgan fingerprint density at radius 3 is 2.93 bits per heavy atom. The molecular weight excluding hydrogens is 214 g/mol. The third-order valence-corrected chi connectivity index (χ3v) is 2.67. The number of aliphatic hydroxyl groups is 1. The van der Waals surface area contributed by atoms with Gasteiger partial charge < -0.3 is 14.7 Å². The van der Waals surface area contributed by atoms with Crippen molar-refractivity contribution in [1.82, 2.24) is 4.90 Å². The SMILES string of the molecule is COCCN(CCO)C(=O)c1ccsc1. The van der Waals surface area contributed by atoms with Gasteiger partial charge >= 0.3 is 0 Å². The van der Waals surface area contributed by atoms with Gasteiger partial charge in [0.15, 0.2) is 0 Å². The molecule has 0 aliphatic rings. The maximum absolute atomic E-state index is 11.9. The monoisotopic (exact) mass is 229 g/mol. The van der Waals surface area contributed by atoms with Gasteiger partial charge in [-0.05, 0) is 11.4 Å². The lowest BCUT2D eigenvalue weighted by atomic mass is 10.3. The molecule has 5 heteroatoms. The zero-order chi connectivity index (χ0) is 11.1. The second-order valence-corrected chi connectivity index (χ2v) is 3.80. The summed E-state index contributed by atoms with van der Waals surface area (Å²) in [7, 11) is 1.59. The number of ether oxygens (including phenoxy) is 1. The van der Waals surface area contributed by atoms with Gasteiger partial charge in [-0.3, -0.25) is 4.79 Å². The molecule has 15 heavy (non-hydrogen) atoms. The molecule has 0 aliphatic carbocycles.